The highest BCUT2D eigenvalue weighted by atomic mass is 32.2. The third kappa shape index (κ3) is 5.47. The number of hydrogen-bond donors (Lipinski definition) is 2. The monoisotopic (exact) mass is 594 g/mol. The molecule has 0 saturated carbocycles. The summed E-state index contributed by atoms with van der Waals surface area (Å²) < 4.78 is 6.36. The number of nitro benzene ring substituents is 1. The van der Waals surface area contributed by atoms with Crippen molar-refractivity contribution in [3.05, 3.63) is 136 Å². The second-order valence-electron chi connectivity index (χ2n) is 9.43. The molecule has 2 N–H and O–H groups in total. The van der Waals surface area contributed by atoms with Crippen LogP contribution in [0.3, 0.4) is 0 Å². The van der Waals surface area contributed by atoms with Crippen LogP contribution >= 0.6 is 24.0 Å². The molecule has 1 fully saturated rings. The van der Waals surface area contributed by atoms with Crippen molar-refractivity contribution in [2.75, 3.05) is 4.90 Å². The smallest absolute Gasteiger partial charge is 0.335 e. The SMILES string of the molecule is O=C(O)c1cccc(-c2ccc([C@@H]3[C@H](c4ccccn4)NC(=S)N3c3ccc(Sc4ccc([N+](=O)[O-])cc4)cc3)o2)c1. The Kier molecular flexibility index (Phi) is 7.43. The van der Waals surface area contributed by atoms with Gasteiger partial charge in [-0.1, -0.05) is 30.0 Å². The van der Waals surface area contributed by atoms with E-state index in [2.05, 4.69) is 10.3 Å². The number of nitrogens with one attached hydrogen (secondary N) is 1. The van der Waals surface area contributed by atoms with Gasteiger partial charge in [-0.25, -0.2) is 4.79 Å². The van der Waals surface area contributed by atoms with Crippen molar-refractivity contribution in [1.82, 2.24) is 10.3 Å². The molecule has 3 aromatic carbocycles. The minimum atomic E-state index is -1.01. The number of carbonyl (C=O) groups is 1. The quantitative estimate of drug-likeness (QED) is 0.108. The number of aromatic nitrogens is 1. The first-order valence-corrected chi connectivity index (χ1v) is 14.1. The second kappa shape index (κ2) is 11.5. The number of benzene rings is 3. The van der Waals surface area contributed by atoms with E-state index in [0.717, 1.165) is 21.2 Å². The molecular formula is C31H22N4O5S2. The van der Waals surface area contributed by atoms with Crippen molar-refractivity contribution >= 4 is 46.4 Å². The van der Waals surface area contributed by atoms with Crippen LogP contribution in [0.15, 0.2) is 124 Å². The van der Waals surface area contributed by atoms with Gasteiger partial charge in [0.2, 0.25) is 0 Å². The van der Waals surface area contributed by atoms with Crippen LogP contribution in [-0.2, 0) is 0 Å². The van der Waals surface area contributed by atoms with Crippen LogP contribution in [0.5, 0.6) is 0 Å². The summed E-state index contributed by atoms with van der Waals surface area (Å²) in [6.45, 7) is 0. The summed E-state index contributed by atoms with van der Waals surface area (Å²) in [4.78, 5) is 30.5. The summed E-state index contributed by atoms with van der Waals surface area (Å²) >= 11 is 7.31. The molecule has 2 atom stereocenters. The average molecular weight is 595 g/mol. The Morgan fingerprint density at radius 1 is 0.976 bits per heavy atom. The molecule has 3 heterocycles. The van der Waals surface area contributed by atoms with Crippen LogP contribution in [-0.4, -0.2) is 26.1 Å². The molecular weight excluding hydrogens is 572 g/mol. The van der Waals surface area contributed by atoms with Crippen LogP contribution in [0.25, 0.3) is 11.3 Å². The lowest BCUT2D eigenvalue weighted by Gasteiger charge is -2.26. The molecule has 0 bridgehead atoms. The van der Waals surface area contributed by atoms with Gasteiger partial charge in [0.1, 0.15) is 17.6 Å². The Bertz CT molecular complexity index is 1780. The Hall–Kier alpha value is -5.00. The highest BCUT2D eigenvalue weighted by Gasteiger charge is 2.42. The second-order valence-corrected chi connectivity index (χ2v) is 11.0. The number of rotatable bonds is 8. The minimum absolute atomic E-state index is 0.0499. The number of non-ortho nitro benzene ring substituents is 1. The van der Waals surface area contributed by atoms with Gasteiger partial charge >= 0.3 is 5.97 Å². The molecule has 2 aromatic heterocycles. The van der Waals surface area contributed by atoms with Crippen molar-refractivity contribution in [1.29, 1.82) is 0 Å². The first-order chi connectivity index (χ1) is 20.4. The lowest BCUT2D eigenvalue weighted by molar-refractivity contribution is -0.384. The molecule has 11 heteroatoms. The maximum absolute atomic E-state index is 11.5. The van der Waals surface area contributed by atoms with Gasteiger partial charge < -0.3 is 19.7 Å². The third-order valence-corrected chi connectivity index (χ3v) is 8.14. The summed E-state index contributed by atoms with van der Waals surface area (Å²) in [5.41, 5.74) is 2.52. The zero-order valence-electron chi connectivity index (χ0n) is 21.8. The van der Waals surface area contributed by atoms with Gasteiger partial charge in [-0.15, -0.1) is 0 Å². The van der Waals surface area contributed by atoms with E-state index in [-0.39, 0.29) is 23.3 Å². The lowest BCUT2D eigenvalue weighted by Crippen LogP contribution is -2.29. The van der Waals surface area contributed by atoms with E-state index in [0.29, 0.717) is 22.2 Å². The van der Waals surface area contributed by atoms with Crippen LogP contribution in [0.2, 0.25) is 0 Å². The van der Waals surface area contributed by atoms with E-state index < -0.39 is 10.9 Å². The van der Waals surface area contributed by atoms with Crippen molar-refractivity contribution in [2.45, 2.75) is 21.9 Å². The van der Waals surface area contributed by atoms with Crippen molar-refractivity contribution in [3.63, 3.8) is 0 Å². The van der Waals surface area contributed by atoms with Gasteiger partial charge in [-0.2, -0.15) is 0 Å². The molecule has 1 saturated heterocycles. The van der Waals surface area contributed by atoms with Gasteiger partial charge in [0.15, 0.2) is 5.11 Å². The van der Waals surface area contributed by atoms with E-state index >= 15 is 0 Å². The standard InChI is InChI=1S/C31H22N4O5S2/c36-30(37)20-5-3-4-19(18-20)26-15-16-27(40-26)29-28(25-6-1-2-17-32-25)33-31(41)34(29)21-7-11-23(12-8-21)42-24-13-9-22(10-14-24)35(38)39/h1-18,28-29H,(H,33,41)(H,36,37)/t28-,29+/m0/s1. The Morgan fingerprint density at radius 3 is 2.38 bits per heavy atom. The molecule has 9 nitrogen and oxygen atoms in total. The van der Waals surface area contributed by atoms with Gasteiger partial charge in [0, 0.05) is 39.4 Å². The average Bonchev–Trinajstić information content (AvgIpc) is 3.63. The van der Waals surface area contributed by atoms with Crippen molar-refractivity contribution in [2.24, 2.45) is 0 Å². The summed E-state index contributed by atoms with van der Waals surface area (Å²) in [7, 11) is 0. The number of carboxylic acid groups (broad SMARTS) is 1. The minimum Gasteiger partial charge on any atom is -0.478 e. The molecule has 1 aliphatic heterocycles. The maximum atomic E-state index is 11.5. The van der Waals surface area contributed by atoms with Crippen molar-refractivity contribution in [3.8, 4) is 11.3 Å². The van der Waals surface area contributed by atoms with Crippen LogP contribution in [0.1, 0.15) is 33.9 Å². The highest BCUT2D eigenvalue weighted by Crippen LogP contribution is 2.43. The Morgan fingerprint density at radius 2 is 1.71 bits per heavy atom. The highest BCUT2D eigenvalue weighted by molar-refractivity contribution is 7.99. The fraction of sp³-hybridized carbons (Fsp3) is 0.0645. The number of thiocarbonyl (C=S) groups is 1. The van der Waals surface area contributed by atoms with Gasteiger partial charge in [0.25, 0.3) is 5.69 Å². The first kappa shape index (κ1) is 27.2. The number of hydrogen-bond acceptors (Lipinski definition) is 7. The number of furan rings is 1. The van der Waals surface area contributed by atoms with Crippen LogP contribution < -0.4 is 10.2 Å². The normalized spacial score (nSPS) is 16.3. The van der Waals surface area contributed by atoms with Crippen LogP contribution in [0.4, 0.5) is 11.4 Å². The zero-order valence-corrected chi connectivity index (χ0v) is 23.4. The maximum Gasteiger partial charge on any atom is 0.335 e. The van der Waals surface area contributed by atoms with Gasteiger partial charge in [-0.3, -0.25) is 15.1 Å². The Labute approximate surface area is 250 Å². The number of nitrogens with zero attached hydrogens (tertiary/aromatic N) is 3. The third-order valence-electron chi connectivity index (χ3n) is 6.81. The predicted molar refractivity (Wildman–Crippen MR) is 163 cm³/mol. The summed E-state index contributed by atoms with van der Waals surface area (Å²) in [5.74, 6) is 0.170. The van der Waals surface area contributed by atoms with Gasteiger partial charge in [-0.05, 0) is 85.0 Å². The van der Waals surface area contributed by atoms with E-state index in [9.17, 15) is 20.0 Å². The van der Waals surface area contributed by atoms with Gasteiger partial charge in [0.05, 0.1) is 22.2 Å². The van der Waals surface area contributed by atoms with Crippen molar-refractivity contribution < 1.29 is 19.2 Å². The molecule has 0 radical (unpaired) electrons. The summed E-state index contributed by atoms with van der Waals surface area (Å²) in [5, 5.41) is 24.3. The van der Waals surface area contributed by atoms with E-state index in [1.54, 1.807) is 30.5 Å². The fourth-order valence-electron chi connectivity index (χ4n) is 4.84. The lowest BCUT2D eigenvalue weighted by atomic mass is 10.0. The molecule has 5 aromatic rings. The summed E-state index contributed by atoms with van der Waals surface area (Å²) in [6.07, 6.45) is 1.73. The molecule has 0 unspecified atom stereocenters. The Balaban J connectivity index is 1.32. The summed E-state index contributed by atoms with van der Waals surface area (Å²) in [6, 6.07) is 29.7. The van der Waals surface area contributed by atoms with E-state index in [1.165, 1.54) is 30.0 Å². The number of aromatic carboxylic acids is 1. The number of nitro groups is 1. The first-order valence-electron chi connectivity index (χ1n) is 12.8. The number of carboxylic acids is 1. The molecule has 42 heavy (non-hydrogen) atoms. The fourth-order valence-corrected chi connectivity index (χ4v) is 6.00. The molecule has 1 aliphatic rings. The molecule has 0 amide bonds. The topological polar surface area (TPSA) is 122 Å². The van der Waals surface area contributed by atoms with E-state index in [4.69, 9.17) is 16.6 Å². The molecule has 0 aliphatic carbocycles. The van der Waals surface area contributed by atoms with E-state index in [1.807, 2.05) is 65.6 Å². The molecule has 6 rings (SSSR count). The largest absolute Gasteiger partial charge is 0.478 e. The zero-order chi connectivity index (χ0) is 29.2. The molecule has 0 spiro atoms. The molecule has 208 valence electrons. The number of anilines is 1. The predicted octanol–water partition coefficient (Wildman–Crippen LogP) is 7.28. The number of pyridine rings is 1. The van der Waals surface area contributed by atoms with Crippen LogP contribution in [0, 0.1) is 10.1 Å².